The molecule has 0 radical (unpaired) electrons. The van der Waals surface area contributed by atoms with Crippen molar-refractivity contribution in [2.45, 2.75) is 20.8 Å². The minimum atomic E-state index is -0.833. The fourth-order valence-electron chi connectivity index (χ4n) is 2.98. The summed E-state index contributed by atoms with van der Waals surface area (Å²) in [5, 5.41) is 5.66. The number of urea groups is 1. The molecule has 5 nitrogen and oxygen atoms in total. The molecule has 0 aliphatic carbocycles. The first-order chi connectivity index (χ1) is 14.7. The van der Waals surface area contributed by atoms with Crippen LogP contribution in [-0.2, 0) is 0 Å². The van der Waals surface area contributed by atoms with E-state index in [-0.39, 0.29) is 5.56 Å². The predicted molar refractivity (Wildman–Crippen MR) is 120 cm³/mol. The fraction of sp³-hybridized carbons (Fsp3) is 0.130. The van der Waals surface area contributed by atoms with E-state index in [1.807, 2.05) is 13.8 Å². The quantitative estimate of drug-likeness (QED) is 0.449. The average Bonchev–Trinajstić information content (AvgIpc) is 2.71. The third kappa shape index (κ3) is 5.16. The van der Waals surface area contributed by atoms with Crippen LogP contribution >= 0.6 is 23.2 Å². The second kappa shape index (κ2) is 9.37. The molecule has 160 valence electrons. The lowest BCUT2D eigenvalue weighted by atomic mass is 10.0. The van der Waals surface area contributed by atoms with E-state index in [2.05, 4.69) is 10.6 Å². The van der Waals surface area contributed by atoms with Crippen molar-refractivity contribution in [1.82, 2.24) is 5.32 Å². The Morgan fingerprint density at radius 2 is 1.65 bits per heavy atom. The van der Waals surface area contributed by atoms with Crippen molar-refractivity contribution in [3.8, 4) is 11.5 Å². The van der Waals surface area contributed by atoms with Crippen LogP contribution < -0.4 is 15.4 Å². The molecule has 3 aromatic rings. The van der Waals surface area contributed by atoms with Gasteiger partial charge in [-0.25, -0.2) is 9.18 Å². The molecule has 3 rings (SSSR count). The van der Waals surface area contributed by atoms with E-state index >= 15 is 0 Å². The zero-order valence-electron chi connectivity index (χ0n) is 17.0. The number of rotatable bonds is 4. The van der Waals surface area contributed by atoms with Gasteiger partial charge in [0.05, 0.1) is 10.6 Å². The molecule has 3 aromatic carbocycles. The second-order valence-corrected chi connectivity index (χ2v) is 7.73. The molecule has 2 N–H and O–H groups in total. The summed E-state index contributed by atoms with van der Waals surface area (Å²) in [6, 6.07) is 11.3. The summed E-state index contributed by atoms with van der Waals surface area (Å²) in [6.45, 7) is 5.44. The summed E-state index contributed by atoms with van der Waals surface area (Å²) in [6.07, 6.45) is 0. The van der Waals surface area contributed by atoms with Gasteiger partial charge in [-0.15, -0.1) is 0 Å². The number of nitrogens with one attached hydrogen (secondary N) is 2. The van der Waals surface area contributed by atoms with Gasteiger partial charge in [-0.1, -0.05) is 35.3 Å². The zero-order valence-corrected chi connectivity index (χ0v) is 18.5. The summed E-state index contributed by atoms with van der Waals surface area (Å²) < 4.78 is 19.7. The maximum atomic E-state index is 13.7. The minimum Gasteiger partial charge on any atom is -0.456 e. The summed E-state index contributed by atoms with van der Waals surface area (Å²) in [4.78, 5) is 24.5. The Balaban J connectivity index is 1.79. The van der Waals surface area contributed by atoms with Crippen molar-refractivity contribution in [1.29, 1.82) is 0 Å². The number of aryl methyl sites for hydroxylation is 1. The number of amides is 3. The highest BCUT2D eigenvalue weighted by Gasteiger charge is 2.18. The van der Waals surface area contributed by atoms with Crippen molar-refractivity contribution >= 4 is 40.8 Å². The van der Waals surface area contributed by atoms with Crippen molar-refractivity contribution in [2.75, 3.05) is 5.32 Å². The molecule has 0 aliphatic rings. The van der Waals surface area contributed by atoms with Crippen molar-refractivity contribution in [3.05, 3.63) is 86.6 Å². The van der Waals surface area contributed by atoms with Crippen molar-refractivity contribution in [3.63, 3.8) is 0 Å². The maximum absolute atomic E-state index is 13.7. The van der Waals surface area contributed by atoms with E-state index in [1.165, 1.54) is 18.2 Å². The smallest absolute Gasteiger partial charge is 0.326 e. The van der Waals surface area contributed by atoms with Crippen LogP contribution in [0, 0.1) is 26.6 Å². The molecule has 0 bridgehead atoms. The molecule has 0 fully saturated rings. The van der Waals surface area contributed by atoms with Gasteiger partial charge in [-0.05, 0) is 73.9 Å². The molecular weight excluding hydrogens is 442 g/mol. The molecule has 0 atom stereocenters. The van der Waals surface area contributed by atoms with Gasteiger partial charge < -0.3 is 10.1 Å². The van der Waals surface area contributed by atoms with E-state index in [0.717, 1.165) is 17.2 Å². The number of imide groups is 1. The van der Waals surface area contributed by atoms with Gasteiger partial charge in [0.2, 0.25) is 0 Å². The Bertz CT molecular complexity index is 1180. The Kier molecular flexibility index (Phi) is 6.83. The van der Waals surface area contributed by atoms with Gasteiger partial charge in [-0.3, -0.25) is 10.1 Å². The molecule has 0 unspecified atom stereocenters. The Hall–Kier alpha value is -3.09. The second-order valence-electron chi connectivity index (χ2n) is 6.88. The third-order valence-corrected chi connectivity index (χ3v) is 5.28. The molecule has 0 heterocycles. The van der Waals surface area contributed by atoms with E-state index < -0.39 is 17.8 Å². The summed E-state index contributed by atoms with van der Waals surface area (Å²) in [5.74, 6) is -0.534. The number of carbonyl (C=O) groups is 2. The van der Waals surface area contributed by atoms with E-state index in [0.29, 0.717) is 32.8 Å². The van der Waals surface area contributed by atoms with Crippen LogP contribution in [0.2, 0.25) is 10.0 Å². The van der Waals surface area contributed by atoms with E-state index in [4.69, 9.17) is 27.9 Å². The van der Waals surface area contributed by atoms with Crippen LogP contribution in [0.1, 0.15) is 27.0 Å². The number of halogens is 3. The number of carbonyl (C=O) groups excluding carboxylic acids is 2. The molecule has 31 heavy (non-hydrogen) atoms. The minimum absolute atomic E-state index is 0.217. The summed E-state index contributed by atoms with van der Waals surface area (Å²) in [7, 11) is 0. The largest absolute Gasteiger partial charge is 0.456 e. The maximum Gasteiger partial charge on any atom is 0.326 e. The van der Waals surface area contributed by atoms with Crippen molar-refractivity contribution < 1.29 is 18.7 Å². The highest BCUT2D eigenvalue weighted by Crippen LogP contribution is 2.37. The highest BCUT2D eigenvalue weighted by molar-refractivity contribution is 6.35. The van der Waals surface area contributed by atoms with Gasteiger partial charge in [0.25, 0.3) is 5.91 Å². The van der Waals surface area contributed by atoms with Crippen LogP contribution in [-0.4, -0.2) is 11.9 Å². The van der Waals surface area contributed by atoms with E-state index in [9.17, 15) is 14.0 Å². The van der Waals surface area contributed by atoms with Gasteiger partial charge in [0.15, 0.2) is 0 Å². The third-order valence-electron chi connectivity index (χ3n) is 4.75. The lowest BCUT2D eigenvalue weighted by molar-refractivity contribution is 0.0963. The molecule has 0 spiro atoms. The lowest BCUT2D eigenvalue weighted by Crippen LogP contribution is -2.35. The fourth-order valence-corrected chi connectivity index (χ4v) is 3.43. The van der Waals surface area contributed by atoms with Gasteiger partial charge in [0.1, 0.15) is 17.3 Å². The zero-order chi connectivity index (χ0) is 22.7. The lowest BCUT2D eigenvalue weighted by Gasteiger charge is -2.18. The molecule has 0 saturated carbocycles. The van der Waals surface area contributed by atoms with Gasteiger partial charge in [0, 0.05) is 10.7 Å². The Labute approximate surface area is 189 Å². The number of anilines is 1. The summed E-state index contributed by atoms with van der Waals surface area (Å²) >= 11 is 12.1. The SMILES string of the molecule is Cc1cc(Oc2ccc(Cl)cc2Cl)c(C)c(C)c1NC(=O)NC(=O)c1ccccc1F. The van der Waals surface area contributed by atoms with Crippen LogP contribution in [0.3, 0.4) is 0 Å². The molecule has 0 aliphatic heterocycles. The van der Waals surface area contributed by atoms with Gasteiger partial charge in [-0.2, -0.15) is 0 Å². The Morgan fingerprint density at radius 1 is 0.935 bits per heavy atom. The normalized spacial score (nSPS) is 10.5. The Morgan fingerprint density at radius 3 is 2.32 bits per heavy atom. The predicted octanol–water partition coefficient (Wildman–Crippen LogP) is 6.81. The van der Waals surface area contributed by atoms with E-state index in [1.54, 1.807) is 31.2 Å². The first-order valence-electron chi connectivity index (χ1n) is 9.28. The molecule has 0 aromatic heterocycles. The van der Waals surface area contributed by atoms with Crippen molar-refractivity contribution in [2.24, 2.45) is 0 Å². The number of hydrogen-bond acceptors (Lipinski definition) is 3. The molecule has 0 saturated heterocycles. The first kappa shape index (κ1) is 22.6. The van der Waals surface area contributed by atoms with Crippen LogP contribution in [0.15, 0.2) is 48.5 Å². The first-order valence-corrected chi connectivity index (χ1v) is 10.0. The monoisotopic (exact) mass is 460 g/mol. The number of benzene rings is 3. The molecule has 8 heteroatoms. The standard InChI is InChI=1S/C23H19Cl2FN2O3/c1-12-10-20(31-19-9-8-15(24)11-17(19)25)13(2)14(3)21(12)27-23(30)28-22(29)16-6-4-5-7-18(16)26/h4-11H,1-3H3,(H2,27,28,29,30). The van der Waals surface area contributed by atoms with Crippen LogP contribution in [0.25, 0.3) is 0 Å². The van der Waals surface area contributed by atoms with Crippen LogP contribution in [0.5, 0.6) is 11.5 Å². The average molecular weight is 461 g/mol. The topological polar surface area (TPSA) is 67.4 Å². The number of hydrogen-bond donors (Lipinski definition) is 2. The molecule has 3 amide bonds. The molecular formula is C23H19Cl2FN2O3. The highest BCUT2D eigenvalue weighted by atomic mass is 35.5. The number of ether oxygens (including phenoxy) is 1. The summed E-state index contributed by atoms with van der Waals surface area (Å²) in [5.41, 5.74) is 2.52. The van der Waals surface area contributed by atoms with Crippen LogP contribution in [0.4, 0.5) is 14.9 Å². The van der Waals surface area contributed by atoms with Gasteiger partial charge >= 0.3 is 6.03 Å².